The molecule has 1 nitrogen and oxygen atoms in total. The van der Waals surface area contributed by atoms with Gasteiger partial charge in [0.1, 0.15) is 0 Å². The second-order valence-corrected chi connectivity index (χ2v) is 5.72. The van der Waals surface area contributed by atoms with Gasteiger partial charge in [-0.3, -0.25) is 0 Å². The summed E-state index contributed by atoms with van der Waals surface area (Å²) in [7, 11) is 0. The molecule has 0 aliphatic carbocycles. The maximum atomic E-state index is 6.13. The third kappa shape index (κ3) is 4.68. The first-order valence-electron chi connectivity index (χ1n) is 6.32. The third-order valence-electron chi connectivity index (χ3n) is 3.30. The lowest BCUT2D eigenvalue weighted by Gasteiger charge is -2.21. The average Bonchev–Trinajstić information content (AvgIpc) is 2.39. The molecule has 2 aromatic carbocycles. The SMILES string of the molecule is CC(N)C(Cc1ccc(Cl)cc1)c1ccc(Cl)cc1.Cl. The quantitative estimate of drug-likeness (QED) is 0.830. The number of benzene rings is 2. The van der Waals surface area contributed by atoms with Gasteiger partial charge in [-0.1, -0.05) is 47.5 Å². The van der Waals surface area contributed by atoms with E-state index in [-0.39, 0.29) is 24.4 Å². The molecule has 2 N–H and O–H groups in total. The molecule has 4 heteroatoms. The smallest absolute Gasteiger partial charge is 0.0406 e. The van der Waals surface area contributed by atoms with Crippen molar-refractivity contribution >= 4 is 35.6 Å². The van der Waals surface area contributed by atoms with E-state index in [9.17, 15) is 0 Å². The van der Waals surface area contributed by atoms with Crippen molar-refractivity contribution in [3.63, 3.8) is 0 Å². The molecule has 108 valence electrons. The van der Waals surface area contributed by atoms with Crippen LogP contribution in [-0.2, 0) is 6.42 Å². The van der Waals surface area contributed by atoms with Crippen molar-refractivity contribution in [2.75, 3.05) is 0 Å². The lowest BCUT2D eigenvalue weighted by atomic mass is 9.87. The Bertz CT molecular complexity index is 520. The van der Waals surface area contributed by atoms with Gasteiger partial charge in [0.2, 0.25) is 0 Å². The van der Waals surface area contributed by atoms with Crippen LogP contribution in [0.5, 0.6) is 0 Å². The van der Waals surface area contributed by atoms with Crippen molar-refractivity contribution in [2.24, 2.45) is 5.73 Å². The largest absolute Gasteiger partial charge is 0.327 e. The highest BCUT2D eigenvalue weighted by Crippen LogP contribution is 2.25. The molecule has 0 saturated carbocycles. The summed E-state index contributed by atoms with van der Waals surface area (Å²) in [5.41, 5.74) is 8.58. The van der Waals surface area contributed by atoms with E-state index in [1.54, 1.807) is 0 Å². The van der Waals surface area contributed by atoms with E-state index in [1.165, 1.54) is 11.1 Å². The van der Waals surface area contributed by atoms with Crippen LogP contribution in [-0.4, -0.2) is 6.04 Å². The van der Waals surface area contributed by atoms with Gasteiger partial charge >= 0.3 is 0 Å². The fraction of sp³-hybridized carbons (Fsp3) is 0.250. The van der Waals surface area contributed by atoms with Crippen LogP contribution in [0.15, 0.2) is 48.5 Å². The highest BCUT2D eigenvalue weighted by Gasteiger charge is 2.16. The van der Waals surface area contributed by atoms with Crippen LogP contribution < -0.4 is 5.73 Å². The number of hydrogen-bond donors (Lipinski definition) is 1. The van der Waals surface area contributed by atoms with E-state index in [0.717, 1.165) is 16.5 Å². The molecule has 0 aromatic heterocycles. The summed E-state index contributed by atoms with van der Waals surface area (Å²) in [5, 5.41) is 1.51. The van der Waals surface area contributed by atoms with Gasteiger partial charge in [0.15, 0.2) is 0 Å². The molecule has 0 spiro atoms. The topological polar surface area (TPSA) is 26.0 Å². The third-order valence-corrected chi connectivity index (χ3v) is 3.81. The summed E-state index contributed by atoms with van der Waals surface area (Å²) in [6.07, 6.45) is 0.899. The van der Waals surface area contributed by atoms with E-state index in [2.05, 4.69) is 0 Å². The van der Waals surface area contributed by atoms with Crippen LogP contribution in [0.25, 0.3) is 0 Å². The fourth-order valence-electron chi connectivity index (χ4n) is 2.19. The maximum absolute atomic E-state index is 6.13. The molecule has 0 bridgehead atoms. The van der Waals surface area contributed by atoms with Gasteiger partial charge in [0.05, 0.1) is 0 Å². The highest BCUT2D eigenvalue weighted by molar-refractivity contribution is 6.30. The Morgan fingerprint density at radius 1 is 0.900 bits per heavy atom. The summed E-state index contributed by atoms with van der Waals surface area (Å²) in [5.74, 6) is 0.276. The Morgan fingerprint density at radius 3 is 1.80 bits per heavy atom. The van der Waals surface area contributed by atoms with Gasteiger partial charge in [0.25, 0.3) is 0 Å². The molecule has 0 aliphatic heterocycles. The molecule has 2 unspecified atom stereocenters. The van der Waals surface area contributed by atoms with Crippen molar-refractivity contribution in [3.05, 3.63) is 69.7 Å². The predicted molar refractivity (Wildman–Crippen MR) is 90.2 cm³/mol. The van der Waals surface area contributed by atoms with Gasteiger partial charge in [-0.2, -0.15) is 0 Å². The molecule has 2 atom stereocenters. The molecule has 0 saturated heterocycles. The Hall–Kier alpha value is -0.730. The first-order chi connectivity index (χ1) is 9.06. The Balaban J connectivity index is 0.00000200. The summed E-state index contributed by atoms with van der Waals surface area (Å²) >= 11 is 11.8. The standard InChI is InChI=1S/C16H17Cl2N.ClH/c1-11(19)16(13-4-8-15(18)9-5-13)10-12-2-6-14(17)7-3-12;/h2-9,11,16H,10,19H2,1H3;1H. The minimum absolute atomic E-state index is 0. The lowest BCUT2D eigenvalue weighted by Crippen LogP contribution is -2.26. The van der Waals surface area contributed by atoms with E-state index >= 15 is 0 Å². The van der Waals surface area contributed by atoms with E-state index in [4.69, 9.17) is 28.9 Å². The number of rotatable bonds is 4. The Kier molecular flexibility index (Phi) is 6.84. The zero-order valence-corrected chi connectivity index (χ0v) is 13.6. The molecule has 0 fully saturated rings. The molecule has 0 radical (unpaired) electrons. The minimum Gasteiger partial charge on any atom is -0.327 e. The van der Waals surface area contributed by atoms with Gasteiger partial charge in [-0.05, 0) is 48.7 Å². The zero-order valence-electron chi connectivity index (χ0n) is 11.2. The highest BCUT2D eigenvalue weighted by atomic mass is 35.5. The Morgan fingerprint density at radius 2 is 1.35 bits per heavy atom. The van der Waals surface area contributed by atoms with Crippen LogP contribution in [0.1, 0.15) is 24.0 Å². The predicted octanol–water partition coefficient (Wildman–Crippen LogP) is 5.09. The van der Waals surface area contributed by atoms with Crippen LogP contribution in [0, 0.1) is 0 Å². The maximum Gasteiger partial charge on any atom is 0.0406 e. The average molecular weight is 331 g/mol. The van der Waals surface area contributed by atoms with Gasteiger partial charge < -0.3 is 5.73 Å². The van der Waals surface area contributed by atoms with Crippen LogP contribution in [0.2, 0.25) is 10.0 Å². The van der Waals surface area contributed by atoms with Crippen molar-refractivity contribution in [1.29, 1.82) is 0 Å². The van der Waals surface area contributed by atoms with Crippen LogP contribution >= 0.6 is 35.6 Å². The van der Waals surface area contributed by atoms with E-state index in [0.29, 0.717) is 0 Å². The summed E-state index contributed by atoms with van der Waals surface area (Å²) in [6.45, 7) is 2.04. The first kappa shape index (κ1) is 17.3. The van der Waals surface area contributed by atoms with Gasteiger partial charge in [-0.25, -0.2) is 0 Å². The normalized spacial score (nSPS) is 13.4. The van der Waals surface area contributed by atoms with E-state index < -0.39 is 0 Å². The molecule has 0 aliphatic rings. The second-order valence-electron chi connectivity index (χ2n) is 4.85. The number of nitrogens with two attached hydrogens (primary N) is 1. The molecule has 20 heavy (non-hydrogen) atoms. The van der Waals surface area contributed by atoms with Crippen LogP contribution in [0.4, 0.5) is 0 Å². The molecule has 0 amide bonds. The molecular weight excluding hydrogens is 313 g/mol. The summed E-state index contributed by atoms with van der Waals surface area (Å²) in [6, 6.07) is 15.9. The van der Waals surface area contributed by atoms with Gasteiger partial charge in [-0.15, -0.1) is 12.4 Å². The van der Waals surface area contributed by atoms with Gasteiger partial charge in [0, 0.05) is 22.0 Å². The second kappa shape index (κ2) is 7.90. The molecule has 0 heterocycles. The zero-order chi connectivity index (χ0) is 13.8. The van der Waals surface area contributed by atoms with E-state index in [1.807, 2.05) is 55.5 Å². The Labute approximate surface area is 136 Å². The number of halogens is 3. The molecule has 2 aromatic rings. The monoisotopic (exact) mass is 329 g/mol. The molecule has 2 rings (SSSR count). The van der Waals surface area contributed by atoms with Crippen molar-refractivity contribution in [1.82, 2.24) is 0 Å². The van der Waals surface area contributed by atoms with Crippen molar-refractivity contribution < 1.29 is 0 Å². The van der Waals surface area contributed by atoms with Crippen molar-refractivity contribution in [2.45, 2.75) is 25.3 Å². The number of hydrogen-bond acceptors (Lipinski definition) is 1. The lowest BCUT2D eigenvalue weighted by molar-refractivity contribution is 0.565. The fourth-order valence-corrected chi connectivity index (χ4v) is 2.44. The van der Waals surface area contributed by atoms with Crippen molar-refractivity contribution in [3.8, 4) is 0 Å². The summed E-state index contributed by atoms with van der Waals surface area (Å²) < 4.78 is 0. The summed E-state index contributed by atoms with van der Waals surface area (Å²) in [4.78, 5) is 0. The first-order valence-corrected chi connectivity index (χ1v) is 7.07. The molecular formula is C16H18Cl3N. The van der Waals surface area contributed by atoms with Crippen LogP contribution in [0.3, 0.4) is 0 Å². The minimum atomic E-state index is 0.